The van der Waals surface area contributed by atoms with E-state index in [1.165, 1.54) is 6.26 Å². The van der Waals surface area contributed by atoms with Gasteiger partial charge in [-0.05, 0) is 29.8 Å². The van der Waals surface area contributed by atoms with E-state index in [0.29, 0.717) is 44.0 Å². The Morgan fingerprint density at radius 3 is 2.46 bits per heavy atom. The largest absolute Gasteiger partial charge is 0.459 e. The van der Waals surface area contributed by atoms with Crippen molar-refractivity contribution < 1.29 is 9.21 Å². The Bertz CT molecular complexity index is 797. The van der Waals surface area contributed by atoms with Crippen LogP contribution < -0.4 is 5.32 Å². The third kappa shape index (κ3) is 4.03. The number of rotatable bonds is 3. The van der Waals surface area contributed by atoms with Crippen molar-refractivity contribution in [2.45, 2.75) is 6.54 Å². The summed E-state index contributed by atoms with van der Waals surface area (Å²) in [5.74, 6) is 1.11. The first-order valence-electron chi connectivity index (χ1n) is 8.48. The first-order valence-corrected chi connectivity index (χ1v) is 8.48. The SMILES string of the molecule is CN=C(NCc1ccc(C#N)cc1)N1CCN(C(=O)c2ccco2)CC1. The molecule has 1 aromatic heterocycles. The quantitative estimate of drug-likeness (QED) is 0.672. The molecule has 1 fully saturated rings. The van der Waals surface area contributed by atoms with Gasteiger partial charge in [0, 0.05) is 39.8 Å². The van der Waals surface area contributed by atoms with E-state index in [1.54, 1.807) is 36.2 Å². The fourth-order valence-corrected chi connectivity index (χ4v) is 2.89. The van der Waals surface area contributed by atoms with Crippen LogP contribution in [-0.2, 0) is 6.54 Å². The Balaban J connectivity index is 1.52. The standard InChI is InChI=1S/C19H21N5O2/c1-21-19(22-14-16-6-4-15(13-20)5-7-16)24-10-8-23(9-11-24)18(25)17-3-2-12-26-17/h2-7,12H,8-11,14H2,1H3,(H,21,22). The predicted molar refractivity (Wildman–Crippen MR) is 97.5 cm³/mol. The Hall–Kier alpha value is -3.27. The van der Waals surface area contributed by atoms with Crippen molar-refractivity contribution in [1.29, 1.82) is 5.26 Å². The van der Waals surface area contributed by atoms with Crippen LogP contribution in [-0.4, -0.2) is 54.9 Å². The highest BCUT2D eigenvalue weighted by molar-refractivity contribution is 5.91. The molecule has 0 spiro atoms. The second kappa shape index (κ2) is 8.21. The smallest absolute Gasteiger partial charge is 0.289 e. The second-order valence-corrected chi connectivity index (χ2v) is 5.97. The number of carbonyl (C=O) groups is 1. The highest BCUT2D eigenvalue weighted by atomic mass is 16.3. The molecule has 1 aliphatic rings. The molecule has 1 aromatic carbocycles. The number of carbonyl (C=O) groups excluding carboxylic acids is 1. The van der Waals surface area contributed by atoms with Crippen molar-refractivity contribution in [1.82, 2.24) is 15.1 Å². The zero-order valence-electron chi connectivity index (χ0n) is 14.7. The molecule has 2 aromatic rings. The van der Waals surface area contributed by atoms with Gasteiger partial charge in [0.05, 0.1) is 17.9 Å². The van der Waals surface area contributed by atoms with Crippen molar-refractivity contribution in [3.8, 4) is 6.07 Å². The van der Waals surface area contributed by atoms with E-state index < -0.39 is 0 Å². The lowest BCUT2D eigenvalue weighted by Crippen LogP contribution is -2.53. The van der Waals surface area contributed by atoms with Crippen molar-refractivity contribution in [2.24, 2.45) is 4.99 Å². The number of aliphatic imine (C=N–C) groups is 1. The van der Waals surface area contributed by atoms with Gasteiger partial charge in [-0.3, -0.25) is 9.79 Å². The predicted octanol–water partition coefficient (Wildman–Crippen LogP) is 1.68. The number of nitriles is 1. The van der Waals surface area contributed by atoms with Crippen LogP contribution in [0.15, 0.2) is 52.1 Å². The lowest BCUT2D eigenvalue weighted by Gasteiger charge is -2.36. The molecule has 0 atom stereocenters. The summed E-state index contributed by atoms with van der Waals surface area (Å²) in [6.45, 7) is 3.29. The number of hydrogen-bond acceptors (Lipinski definition) is 4. The lowest BCUT2D eigenvalue weighted by molar-refractivity contribution is 0.0657. The van der Waals surface area contributed by atoms with Gasteiger partial charge in [-0.25, -0.2) is 0 Å². The zero-order valence-corrected chi connectivity index (χ0v) is 14.7. The van der Waals surface area contributed by atoms with Gasteiger partial charge in [0.25, 0.3) is 5.91 Å². The van der Waals surface area contributed by atoms with Crippen molar-refractivity contribution in [3.63, 3.8) is 0 Å². The second-order valence-electron chi connectivity index (χ2n) is 5.97. The molecule has 0 radical (unpaired) electrons. The normalized spacial score (nSPS) is 14.8. The molecule has 1 N–H and O–H groups in total. The molecule has 0 unspecified atom stereocenters. The Labute approximate surface area is 152 Å². The molecule has 134 valence electrons. The first-order chi connectivity index (χ1) is 12.7. The highest BCUT2D eigenvalue weighted by Gasteiger charge is 2.25. The molecule has 3 rings (SSSR count). The summed E-state index contributed by atoms with van der Waals surface area (Å²) in [5, 5.41) is 12.2. The Morgan fingerprint density at radius 2 is 1.88 bits per heavy atom. The van der Waals surface area contributed by atoms with E-state index in [9.17, 15) is 4.79 Å². The van der Waals surface area contributed by atoms with Crippen LogP contribution >= 0.6 is 0 Å². The van der Waals surface area contributed by atoms with Gasteiger partial charge in [0.2, 0.25) is 0 Å². The van der Waals surface area contributed by atoms with Crippen LogP contribution in [0.2, 0.25) is 0 Å². The number of piperazine rings is 1. The van der Waals surface area contributed by atoms with Gasteiger partial charge in [-0.2, -0.15) is 5.26 Å². The molecule has 0 bridgehead atoms. The fraction of sp³-hybridized carbons (Fsp3) is 0.316. The van der Waals surface area contributed by atoms with Gasteiger partial charge >= 0.3 is 0 Å². The molecule has 7 heteroatoms. The molecular formula is C19H21N5O2. The van der Waals surface area contributed by atoms with E-state index >= 15 is 0 Å². The summed E-state index contributed by atoms with van der Waals surface area (Å²) < 4.78 is 5.19. The van der Waals surface area contributed by atoms with Gasteiger partial charge in [-0.1, -0.05) is 12.1 Å². The highest BCUT2D eigenvalue weighted by Crippen LogP contribution is 2.10. The molecule has 1 amide bonds. The van der Waals surface area contributed by atoms with Crippen LogP contribution in [0.4, 0.5) is 0 Å². The topological polar surface area (TPSA) is 84.9 Å². The Morgan fingerprint density at radius 1 is 1.19 bits per heavy atom. The monoisotopic (exact) mass is 351 g/mol. The maximum atomic E-state index is 12.3. The summed E-state index contributed by atoms with van der Waals surface area (Å²) >= 11 is 0. The zero-order chi connectivity index (χ0) is 18.4. The Kier molecular flexibility index (Phi) is 5.54. The number of guanidine groups is 1. The van der Waals surface area contributed by atoms with E-state index in [2.05, 4.69) is 21.3 Å². The average molecular weight is 351 g/mol. The van der Waals surface area contributed by atoms with Gasteiger partial charge in [0.15, 0.2) is 11.7 Å². The summed E-state index contributed by atoms with van der Waals surface area (Å²) in [4.78, 5) is 20.6. The summed E-state index contributed by atoms with van der Waals surface area (Å²) in [7, 11) is 1.75. The number of amides is 1. The molecule has 7 nitrogen and oxygen atoms in total. The molecule has 26 heavy (non-hydrogen) atoms. The fourth-order valence-electron chi connectivity index (χ4n) is 2.89. The van der Waals surface area contributed by atoms with Gasteiger partial charge < -0.3 is 19.5 Å². The molecule has 0 saturated carbocycles. The maximum Gasteiger partial charge on any atom is 0.289 e. The number of nitrogens with one attached hydrogen (secondary N) is 1. The van der Waals surface area contributed by atoms with E-state index in [0.717, 1.165) is 11.5 Å². The molecule has 2 heterocycles. The van der Waals surface area contributed by atoms with E-state index in [4.69, 9.17) is 9.68 Å². The third-order valence-corrected chi connectivity index (χ3v) is 4.34. The van der Waals surface area contributed by atoms with Crippen LogP contribution in [0.1, 0.15) is 21.7 Å². The van der Waals surface area contributed by atoms with Crippen LogP contribution in [0, 0.1) is 11.3 Å². The maximum absolute atomic E-state index is 12.3. The number of benzene rings is 1. The number of nitrogens with zero attached hydrogens (tertiary/aromatic N) is 4. The van der Waals surface area contributed by atoms with E-state index in [-0.39, 0.29) is 5.91 Å². The van der Waals surface area contributed by atoms with Crippen molar-refractivity contribution >= 4 is 11.9 Å². The summed E-state index contributed by atoms with van der Waals surface area (Å²) in [6.07, 6.45) is 1.51. The first kappa shape index (κ1) is 17.5. The van der Waals surface area contributed by atoms with Crippen molar-refractivity contribution in [2.75, 3.05) is 33.2 Å². The minimum Gasteiger partial charge on any atom is -0.459 e. The van der Waals surface area contributed by atoms with Crippen LogP contribution in [0.25, 0.3) is 0 Å². The molecule has 0 aliphatic carbocycles. The van der Waals surface area contributed by atoms with Crippen LogP contribution in [0.3, 0.4) is 0 Å². The van der Waals surface area contributed by atoms with Gasteiger partial charge in [-0.15, -0.1) is 0 Å². The lowest BCUT2D eigenvalue weighted by atomic mass is 10.1. The molecule has 1 aliphatic heterocycles. The molecule has 1 saturated heterocycles. The van der Waals surface area contributed by atoms with Gasteiger partial charge in [0.1, 0.15) is 0 Å². The van der Waals surface area contributed by atoms with E-state index in [1.807, 2.05) is 12.1 Å². The summed E-state index contributed by atoms with van der Waals surface area (Å²) in [5.41, 5.74) is 1.73. The van der Waals surface area contributed by atoms with Crippen LogP contribution in [0.5, 0.6) is 0 Å². The number of furan rings is 1. The minimum atomic E-state index is -0.0739. The third-order valence-electron chi connectivity index (χ3n) is 4.34. The summed E-state index contributed by atoms with van der Waals surface area (Å²) in [6, 6.07) is 13.0. The minimum absolute atomic E-state index is 0.0739. The number of hydrogen-bond donors (Lipinski definition) is 1. The van der Waals surface area contributed by atoms with Crippen molar-refractivity contribution in [3.05, 3.63) is 59.5 Å². The molecular weight excluding hydrogens is 330 g/mol. The average Bonchev–Trinajstić information content (AvgIpc) is 3.24.